The molecule has 4 aliphatic rings. The minimum atomic E-state index is 0.297. The fraction of sp³-hybridized carbons (Fsp3) is 0.556. The van der Waals surface area contributed by atoms with Gasteiger partial charge < -0.3 is 15.2 Å². The summed E-state index contributed by atoms with van der Waals surface area (Å²) in [5, 5.41) is 1.50. The van der Waals surface area contributed by atoms with Crippen LogP contribution >= 0.6 is 0 Å². The molecule has 1 aliphatic carbocycles. The number of nitrogens with two attached hydrogens (primary N) is 1. The molecule has 1 saturated heterocycles. The van der Waals surface area contributed by atoms with Crippen molar-refractivity contribution in [3.63, 3.8) is 0 Å². The van der Waals surface area contributed by atoms with Crippen LogP contribution < -0.4 is 10.6 Å². The summed E-state index contributed by atoms with van der Waals surface area (Å²) in [4.78, 5) is 2.59. The number of hydrogen-bond acceptors (Lipinski definition) is 2. The Bertz CT molecular complexity index is 730. The summed E-state index contributed by atoms with van der Waals surface area (Å²) in [5.74, 6) is 2.26. The molecule has 2 fully saturated rings. The maximum atomic E-state index is 6.03. The summed E-state index contributed by atoms with van der Waals surface area (Å²) in [7, 11) is 2.23. The van der Waals surface area contributed by atoms with Gasteiger partial charge in [-0.2, -0.15) is 0 Å². The number of benzene rings is 1. The van der Waals surface area contributed by atoms with E-state index >= 15 is 0 Å². The lowest BCUT2D eigenvalue weighted by Crippen LogP contribution is -2.39. The summed E-state index contributed by atoms with van der Waals surface area (Å²) < 4.78 is 2.42. The molecular weight excluding hydrogens is 258 g/mol. The Balaban J connectivity index is 1.78. The number of aromatic nitrogens is 1. The van der Waals surface area contributed by atoms with E-state index < -0.39 is 0 Å². The highest BCUT2D eigenvalue weighted by Crippen LogP contribution is 2.51. The zero-order valence-electron chi connectivity index (χ0n) is 12.7. The molecule has 110 valence electrons. The number of aryl methyl sites for hydroxylation is 1. The number of hydrogen-bond donors (Lipinski definition) is 1. The first-order valence-electron chi connectivity index (χ1n) is 8.31. The third-order valence-corrected chi connectivity index (χ3v) is 6.27. The fourth-order valence-corrected chi connectivity index (χ4v) is 4.72. The van der Waals surface area contributed by atoms with Crippen LogP contribution in [0.25, 0.3) is 10.9 Å². The lowest BCUT2D eigenvalue weighted by atomic mass is 9.83. The van der Waals surface area contributed by atoms with Crippen LogP contribution in [-0.2, 0) is 12.5 Å². The minimum Gasteiger partial charge on any atom is -0.358 e. The molecule has 21 heavy (non-hydrogen) atoms. The van der Waals surface area contributed by atoms with E-state index in [2.05, 4.69) is 34.7 Å². The zero-order valence-corrected chi connectivity index (χ0v) is 12.7. The highest BCUT2D eigenvalue weighted by atomic mass is 15.3. The van der Waals surface area contributed by atoms with Gasteiger partial charge in [0.1, 0.15) is 5.82 Å². The third kappa shape index (κ3) is 1.43. The lowest BCUT2D eigenvalue weighted by Gasteiger charge is -2.41. The van der Waals surface area contributed by atoms with E-state index in [0.29, 0.717) is 5.41 Å². The number of piperidine rings is 1. The Labute approximate surface area is 125 Å². The Morgan fingerprint density at radius 1 is 1.24 bits per heavy atom. The average Bonchev–Trinajstić information content (AvgIpc) is 3.29. The second-order valence-electron chi connectivity index (χ2n) is 7.27. The van der Waals surface area contributed by atoms with Crippen LogP contribution in [0.1, 0.15) is 42.7 Å². The maximum absolute atomic E-state index is 6.03. The van der Waals surface area contributed by atoms with Gasteiger partial charge in [-0.15, -0.1) is 0 Å². The van der Waals surface area contributed by atoms with Crippen molar-refractivity contribution in [2.24, 2.45) is 12.8 Å². The van der Waals surface area contributed by atoms with Crippen molar-refractivity contribution in [1.82, 2.24) is 4.57 Å². The predicted octanol–water partition coefficient (Wildman–Crippen LogP) is 2.87. The molecule has 2 N–H and O–H groups in total. The molecule has 0 amide bonds. The summed E-state index contributed by atoms with van der Waals surface area (Å²) in [6.45, 7) is 3.27. The third-order valence-electron chi connectivity index (χ3n) is 6.27. The summed E-state index contributed by atoms with van der Waals surface area (Å²) in [6, 6.07) is 7.13. The molecule has 0 radical (unpaired) electrons. The normalized spacial score (nSPS) is 22.9. The average molecular weight is 281 g/mol. The van der Waals surface area contributed by atoms with E-state index in [-0.39, 0.29) is 0 Å². The van der Waals surface area contributed by atoms with Gasteiger partial charge in [-0.25, -0.2) is 0 Å². The van der Waals surface area contributed by atoms with Gasteiger partial charge in [0.05, 0.1) is 0 Å². The monoisotopic (exact) mass is 281 g/mol. The van der Waals surface area contributed by atoms with Crippen LogP contribution in [0.5, 0.6) is 0 Å². The molecule has 0 atom stereocenters. The summed E-state index contributed by atoms with van der Waals surface area (Å²) >= 11 is 0. The predicted molar refractivity (Wildman–Crippen MR) is 87.1 cm³/mol. The van der Waals surface area contributed by atoms with Crippen molar-refractivity contribution in [3.8, 4) is 0 Å². The molecule has 6 rings (SSSR count). The van der Waals surface area contributed by atoms with Crippen molar-refractivity contribution in [1.29, 1.82) is 0 Å². The van der Waals surface area contributed by atoms with E-state index in [1.807, 2.05) is 0 Å². The Morgan fingerprint density at radius 2 is 2.00 bits per heavy atom. The Hall–Kier alpha value is -1.48. The van der Waals surface area contributed by atoms with E-state index in [4.69, 9.17) is 5.73 Å². The molecule has 1 aromatic carbocycles. The Morgan fingerprint density at radius 3 is 2.67 bits per heavy atom. The standard InChI is InChI=1S/C18H23N3/c1-20-15-3-2-13(18(11-19)6-7-18)10-14(15)16-12-4-8-21(9-5-12)17(16)20/h2-3,10,12H,4-9,11,19H2,1H3. The minimum absolute atomic E-state index is 0.297. The van der Waals surface area contributed by atoms with Gasteiger partial charge in [-0.05, 0) is 49.3 Å². The molecule has 3 aliphatic heterocycles. The van der Waals surface area contributed by atoms with E-state index in [0.717, 1.165) is 12.5 Å². The van der Waals surface area contributed by atoms with Crippen molar-refractivity contribution in [3.05, 3.63) is 29.3 Å². The fourth-order valence-electron chi connectivity index (χ4n) is 4.72. The zero-order chi connectivity index (χ0) is 14.2. The van der Waals surface area contributed by atoms with Gasteiger partial charge in [0.2, 0.25) is 0 Å². The van der Waals surface area contributed by atoms with Crippen molar-refractivity contribution in [2.75, 3.05) is 24.5 Å². The van der Waals surface area contributed by atoms with Gasteiger partial charge in [-0.3, -0.25) is 0 Å². The molecule has 0 unspecified atom stereocenters. The Kier molecular flexibility index (Phi) is 2.21. The van der Waals surface area contributed by atoms with Crippen LogP contribution in [0, 0.1) is 0 Å². The number of rotatable bonds is 2. The van der Waals surface area contributed by atoms with Gasteiger partial charge in [0.25, 0.3) is 0 Å². The lowest BCUT2D eigenvalue weighted by molar-refractivity contribution is 0.469. The highest BCUT2D eigenvalue weighted by Gasteiger charge is 2.43. The van der Waals surface area contributed by atoms with Crippen LogP contribution in [0.2, 0.25) is 0 Å². The molecule has 2 aromatic rings. The number of fused-ring (bicyclic) bond motifs is 3. The molecule has 1 aromatic heterocycles. The van der Waals surface area contributed by atoms with Crippen LogP contribution in [0.15, 0.2) is 18.2 Å². The molecule has 0 spiro atoms. The molecule has 1 saturated carbocycles. The van der Waals surface area contributed by atoms with Crippen LogP contribution in [0.3, 0.4) is 0 Å². The summed E-state index contributed by atoms with van der Waals surface area (Å²) in [6.07, 6.45) is 5.19. The number of nitrogens with zero attached hydrogens (tertiary/aromatic N) is 2. The van der Waals surface area contributed by atoms with Crippen molar-refractivity contribution >= 4 is 16.7 Å². The summed E-state index contributed by atoms with van der Waals surface area (Å²) in [5.41, 5.74) is 10.8. The molecule has 3 nitrogen and oxygen atoms in total. The topological polar surface area (TPSA) is 34.2 Å². The van der Waals surface area contributed by atoms with E-state index in [1.54, 1.807) is 5.56 Å². The van der Waals surface area contributed by atoms with Crippen molar-refractivity contribution in [2.45, 2.75) is 37.0 Å². The van der Waals surface area contributed by atoms with E-state index in [1.165, 1.54) is 61.1 Å². The molecular formula is C18H23N3. The second-order valence-corrected chi connectivity index (χ2v) is 7.27. The maximum Gasteiger partial charge on any atom is 0.112 e. The first kappa shape index (κ1) is 12.1. The van der Waals surface area contributed by atoms with E-state index in [9.17, 15) is 0 Å². The molecule has 3 heteroatoms. The number of anilines is 1. The van der Waals surface area contributed by atoms with Crippen LogP contribution in [0.4, 0.5) is 5.82 Å². The quantitative estimate of drug-likeness (QED) is 0.918. The highest BCUT2D eigenvalue weighted by molar-refractivity contribution is 5.92. The first-order valence-corrected chi connectivity index (χ1v) is 8.31. The van der Waals surface area contributed by atoms with Crippen LogP contribution in [-0.4, -0.2) is 24.2 Å². The van der Waals surface area contributed by atoms with Gasteiger partial charge in [-0.1, -0.05) is 6.07 Å². The molecule has 2 bridgehead atoms. The first-order chi connectivity index (χ1) is 10.2. The largest absolute Gasteiger partial charge is 0.358 e. The smallest absolute Gasteiger partial charge is 0.112 e. The second kappa shape index (κ2) is 3.83. The molecule has 4 heterocycles. The van der Waals surface area contributed by atoms with Gasteiger partial charge in [0, 0.05) is 48.6 Å². The van der Waals surface area contributed by atoms with Gasteiger partial charge in [0.15, 0.2) is 0 Å². The van der Waals surface area contributed by atoms with Gasteiger partial charge >= 0.3 is 0 Å². The SMILES string of the molecule is Cn1c2c(c3cc(C4(CN)CC4)ccc31)C1CCN2CC1. The van der Waals surface area contributed by atoms with Crippen molar-refractivity contribution < 1.29 is 0 Å².